The van der Waals surface area contributed by atoms with Gasteiger partial charge < -0.3 is 0 Å². The van der Waals surface area contributed by atoms with E-state index in [1.807, 2.05) is 6.07 Å². The molecule has 0 aliphatic carbocycles. The van der Waals surface area contributed by atoms with Crippen molar-refractivity contribution in [3.8, 4) is 0 Å². The Kier molecular flexibility index (Phi) is 3.25. The molecule has 0 N–H and O–H groups in total. The Morgan fingerprint density at radius 3 is 2.27 bits per heavy atom. The molecule has 0 unspecified atom stereocenters. The minimum Gasteiger partial charge on any atom is -0.0827 e. The van der Waals surface area contributed by atoms with Gasteiger partial charge in [0.15, 0.2) is 0 Å². The fourth-order valence-corrected chi connectivity index (χ4v) is 2.34. The molecule has 4 heteroatoms. The Bertz CT molecular complexity index is 273. The molecule has 0 nitrogen and oxygen atoms in total. The summed E-state index contributed by atoms with van der Waals surface area (Å²) in [5.41, 5.74) is 1.09. The summed E-state index contributed by atoms with van der Waals surface area (Å²) in [5, 5.41) is 1.60. The Balaban J connectivity index is 3.25. The average molecular weight is 226 g/mol. The van der Waals surface area contributed by atoms with Crippen molar-refractivity contribution < 1.29 is 0 Å². The second-order valence-electron chi connectivity index (χ2n) is 2.19. The van der Waals surface area contributed by atoms with Crippen molar-refractivity contribution in [3.05, 3.63) is 32.8 Å². The molecule has 1 rings (SSSR count). The summed E-state index contributed by atoms with van der Waals surface area (Å²) in [5.74, 6) is 0. The average Bonchev–Trinajstić information content (AvgIpc) is 2.01. The lowest BCUT2D eigenvalue weighted by Crippen LogP contribution is -1.85. The van der Waals surface area contributed by atoms with Crippen molar-refractivity contribution in [2.75, 3.05) is 0 Å². The minimum atomic E-state index is 0.474. The fraction of sp³-hybridized carbons (Fsp3) is 0.143. The Hall–Kier alpha value is 0.307. The lowest BCUT2D eigenvalue weighted by molar-refractivity contribution is 1.40. The molecule has 0 amide bonds. The summed E-state index contributed by atoms with van der Waals surface area (Å²) in [6.07, 6.45) is 0. The SMILES string of the molecule is [SiH3]Cc1ccc(Cl)c(Cl)c1Cl. The van der Waals surface area contributed by atoms with E-state index in [0.29, 0.717) is 15.1 Å². The number of benzene rings is 1. The first-order valence-electron chi connectivity index (χ1n) is 3.29. The van der Waals surface area contributed by atoms with Crippen LogP contribution in [0.4, 0.5) is 0 Å². The van der Waals surface area contributed by atoms with E-state index in [-0.39, 0.29) is 0 Å². The summed E-state index contributed by atoms with van der Waals surface area (Å²) >= 11 is 17.5. The molecule has 0 spiro atoms. The van der Waals surface area contributed by atoms with Crippen LogP contribution in [0.5, 0.6) is 0 Å². The van der Waals surface area contributed by atoms with Crippen LogP contribution in [0.3, 0.4) is 0 Å². The number of halogens is 3. The number of rotatable bonds is 1. The molecule has 0 atom stereocenters. The zero-order chi connectivity index (χ0) is 8.43. The number of hydrogen-bond donors (Lipinski definition) is 0. The predicted octanol–water partition coefficient (Wildman–Crippen LogP) is 2.51. The third-order valence-corrected chi connectivity index (χ3v) is 3.59. The highest BCUT2D eigenvalue weighted by Gasteiger charge is 2.05. The maximum Gasteiger partial charge on any atom is 0.0781 e. The predicted molar refractivity (Wildman–Crippen MR) is 55.1 cm³/mol. The van der Waals surface area contributed by atoms with E-state index in [9.17, 15) is 0 Å². The van der Waals surface area contributed by atoms with E-state index in [0.717, 1.165) is 21.9 Å². The summed E-state index contributed by atoms with van der Waals surface area (Å²) in [4.78, 5) is 0. The smallest absolute Gasteiger partial charge is 0.0781 e. The molecule has 0 fully saturated rings. The van der Waals surface area contributed by atoms with Crippen LogP contribution in [-0.2, 0) is 6.04 Å². The molecular weight excluding hydrogens is 219 g/mol. The molecule has 0 heterocycles. The highest BCUT2D eigenvalue weighted by molar-refractivity contribution is 6.48. The van der Waals surface area contributed by atoms with Gasteiger partial charge in [0.25, 0.3) is 0 Å². The lowest BCUT2D eigenvalue weighted by Gasteiger charge is -2.03. The largest absolute Gasteiger partial charge is 0.0827 e. The van der Waals surface area contributed by atoms with Gasteiger partial charge in [0.2, 0.25) is 0 Å². The third-order valence-electron chi connectivity index (χ3n) is 1.50. The molecule has 0 aromatic heterocycles. The van der Waals surface area contributed by atoms with Crippen molar-refractivity contribution in [1.29, 1.82) is 0 Å². The Morgan fingerprint density at radius 1 is 1.09 bits per heavy atom. The van der Waals surface area contributed by atoms with Crippen molar-refractivity contribution in [3.63, 3.8) is 0 Å². The first-order valence-corrected chi connectivity index (χ1v) is 5.84. The molecule has 1 aromatic carbocycles. The second kappa shape index (κ2) is 3.81. The van der Waals surface area contributed by atoms with Gasteiger partial charge in [0.05, 0.1) is 15.1 Å². The van der Waals surface area contributed by atoms with Crippen LogP contribution in [0.2, 0.25) is 15.1 Å². The van der Waals surface area contributed by atoms with E-state index in [2.05, 4.69) is 0 Å². The van der Waals surface area contributed by atoms with Crippen LogP contribution in [0.1, 0.15) is 5.56 Å². The summed E-state index contributed by atoms with van der Waals surface area (Å²) in [6.45, 7) is 0. The van der Waals surface area contributed by atoms with Gasteiger partial charge in [-0.2, -0.15) is 0 Å². The molecule has 0 radical (unpaired) electrons. The van der Waals surface area contributed by atoms with Crippen molar-refractivity contribution in [1.82, 2.24) is 0 Å². The first kappa shape index (κ1) is 9.40. The molecule has 0 aliphatic rings. The van der Waals surface area contributed by atoms with E-state index in [1.165, 1.54) is 0 Å². The van der Waals surface area contributed by atoms with E-state index in [1.54, 1.807) is 6.07 Å². The van der Waals surface area contributed by atoms with Crippen LogP contribution in [0.25, 0.3) is 0 Å². The van der Waals surface area contributed by atoms with Crippen LogP contribution >= 0.6 is 34.8 Å². The Morgan fingerprint density at radius 2 is 1.73 bits per heavy atom. The summed E-state index contributed by atoms with van der Waals surface area (Å²) < 4.78 is 0. The van der Waals surface area contributed by atoms with Gasteiger partial charge in [-0.15, -0.1) is 0 Å². The molecular formula is C7H7Cl3Si. The highest BCUT2D eigenvalue weighted by Crippen LogP contribution is 2.32. The molecule has 0 aliphatic heterocycles. The van der Waals surface area contributed by atoms with Gasteiger partial charge >= 0.3 is 0 Å². The van der Waals surface area contributed by atoms with E-state index < -0.39 is 0 Å². The zero-order valence-corrected chi connectivity index (χ0v) is 10.3. The van der Waals surface area contributed by atoms with E-state index in [4.69, 9.17) is 34.8 Å². The summed E-state index contributed by atoms with van der Waals surface area (Å²) in [7, 11) is 1.08. The van der Waals surface area contributed by atoms with Crippen LogP contribution in [0.15, 0.2) is 12.1 Å². The van der Waals surface area contributed by atoms with Gasteiger partial charge in [-0.25, -0.2) is 0 Å². The zero-order valence-electron chi connectivity index (χ0n) is 6.00. The molecule has 0 saturated carbocycles. The van der Waals surface area contributed by atoms with Gasteiger partial charge in [-0.05, 0) is 17.7 Å². The topological polar surface area (TPSA) is 0 Å². The third kappa shape index (κ3) is 1.91. The minimum absolute atomic E-state index is 0.474. The summed E-state index contributed by atoms with van der Waals surface area (Å²) in [6, 6.07) is 4.71. The number of hydrogen-bond acceptors (Lipinski definition) is 0. The highest BCUT2D eigenvalue weighted by atomic mass is 35.5. The lowest BCUT2D eigenvalue weighted by atomic mass is 10.2. The van der Waals surface area contributed by atoms with Crippen molar-refractivity contribution in [2.24, 2.45) is 0 Å². The van der Waals surface area contributed by atoms with Crippen molar-refractivity contribution in [2.45, 2.75) is 6.04 Å². The molecule has 0 bridgehead atoms. The quantitative estimate of drug-likeness (QED) is 0.509. The van der Waals surface area contributed by atoms with Gasteiger partial charge in [0.1, 0.15) is 0 Å². The fourth-order valence-electron chi connectivity index (χ4n) is 0.839. The van der Waals surface area contributed by atoms with Gasteiger partial charge in [-0.3, -0.25) is 0 Å². The molecule has 11 heavy (non-hydrogen) atoms. The van der Waals surface area contributed by atoms with Crippen LogP contribution in [0, 0.1) is 0 Å². The maximum atomic E-state index is 5.90. The normalized spacial score (nSPS) is 10.5. The van der Waals surface area contributed by atoms with Crippen LogP contribution < -0.4 is 0 Å². The monoisotopic (exact) mass is 224 g/mol. The standard InChI is InChI=1S/C7H7Cl3Si/c8-5-2-1-4(3-11)6(9)7(5)10/h1-2H,3H2,11H3. The van der Waals surface area contributed by atoms with Crippen molar-refractivity contribution >= 4 is 45.0 Å². The molecule has 1 aromatic rings. The maximum absolute atomic E-state index is 5.90. The van der Waals surface area contributed by atoms with Gasteiger partial charge in [0, 0.05) is 10.2 Å². The van der Waals surface area contributed by atoms with E-state index >= 15 is 0 Å². The second-order valence-corrected chi connectivity index (χ2v) is 4.06. The van der Waals surface area contributed by atoms with Gasteiger partial charge in [-0.1, -0.05) is 40.9 Å². The first-order chi connectivity index (χ1) is 5.16. The molecule has 0 saturated heterocycles. The Labute approximate surface area is 83.9 Å². The van der Waals surface area contributed by atoms with Crippen LogP contribution in [-0.4, -0.2) is 10.2 Å². The molecule has 60 valence electrons.